The number of hydrogen-bond acceptors (Lipinski definition) is 8. The Kier molecular flexibility index (Phi) is 5.94. The normalized spacial score (nSPS) is 14.5. The third kappa shape index (κ3) is 4.96. The molecule has 0 spiro atoms. The number of carbonyl (C=O) groups is 2. The molecule has 8 heteroatoms. The lowest BCUT2D eigenvalue weighted by molar-refractivity contribution is -0.121. The fourth-order valence-electron chi connectivity index (χ4n) is 3.56. The van der Waals surface area contributed by atoms with Crippen molar-refractivity contribution in [3.05, 3.63) is 53.9 Å². The molecule has 1 aliphatic heterocycles. The van der Waals surface area contributed by atoms with E-state index in [2.05, 4.69) is 10.1 Å². The van der Waals surface area contributed by atoms with E-state index in [0.717, 1.165) is 5.56 Å². The highest BCUT2D eigenvalue weighted by molar-refractivity contribution is 6.03. The largest absolute Gasteiger partial charge is 0.507 e. The summed E-state index contributed by atoms with van der Waals surface area (Å²) in [5.41, 5.74) is 0.354. The van der Waals surface area contributed by atoms with Gasteiger partial charge in [-0.2, -0.15) is 4.98 Å². The summed E-state index contributed by atoms with van der Waals surface area (Å²) in [7, 11) is 0. The van der Waals surface area contributed by atoms with Gasteiger partial charge < -0.3 is 19.1 Å². The highest BCUT2D eigenvalue weighted by atomic mass is 16.5. The van der Waals surface area contributed by atoms with E-state index in [1.54, 1.807) is 13.8 Å². The van der Waals surface area contributed by atoms with Crippen molar-refractivity contribution >= 4 is 11.6 Å². The van der Waals surface area contributed by atoms with Gasteiger partial charge in [-0.1, -0.05) is 35.5 Å². The molecule has 2 heterocycles. The SMILES string of the molecule is CC1(C)CC(=O)c2c(O)cc(OCC(=O)CCCc3nc(-c4ccccc4)no3)cc2O1. The van der Waals surface area contributed by atoms with Gasteiger partial charge >= 0.3 is 0 Å². The van der Waals surface area contributed by atoms with Crippen LogP contribution in [0.2, 0.25) is 0 Å². The smallest absolute Gasteiger partial charge is 0.226 e. The van der Waals surface area contributed by atoms with Gasteiger partial charge in [0.05, 0.1) is 6.42 Å². The molecule has 4 rings (SSSR count). The lowest BCUT2D eigenvalue weighted by Gasteiger charge is -2.32. The molecule has 166 valence electrons. The van der Waals surface area contributed by atoms with Crippen molar-refractivity contribution in [2.75, 3.05) is 6.61 Å². The van der Waals surface area contributed by atoms with Crippen LogP contribution >= 0.6 is 0 Å². The Balaban J connectivity index is 1.28. The van der Waals surface area contributed by atoms with Gasteiger partial charge in [-0.15, -0.1) is 0 Å². The molecule has 0 unspecified atom stereocenters. The van der Waals surface area contributed by atoms with Crippen LogP contribution in [-0.4, -0.2) is 39.0 Å². The molecule has 0 atom stereocenters. The summed E-state index contributed by atoms with van der Waals surface area (Å²) in [6, 6.07) is 12.4. The topological polar surface area (TPSA) is 112 Å². The van der Waals surface area contributed by atoms with E-state index >= 15 is 0 Å². The van der Waals surface area contributed by atoms with E-state index in [1.807, 2.05) is 30.3 Å². The number of ether oxygens (including phenoxy) is 2. The third-order valence-electron chi connectivity index (χ3n) is 5.05. The number of phenols is 1. The number of fused-ring (bicyclic) bond motifs is 1. The monoisotopic (exact) mass is 436 g/mol. The summed E-state index contributed by atoms with van der Waals surface area (Å²) in [5, 5.41) is 14.2. The predicted octanol–water partition coefficient (Wildman–Crippen LogP) is 4.16. The summed E-state index contributed by atoms with van der Waals surface area (Å²) in [4.78, 5) is 28.8. The first-order valence-electron chi connectivity index (χ1n) is 10.4. The molecule has 0 amide bonds. The zero-order valence-corrected chi connectivity index (χ0v) is 18.0. The fraction of sp³-hybridized carbons (Fsp3) is 0.333. The van der Waals surface area contributed by atoms with E-state index in [4.69, 9.17) is 14.0 Å². The molecule has 2 aromatic carbocycles. The van der Waals surface area contributed by atoms with Crippen LogP contribution in [0.1, 0.15) is 49.4 Å². The summed E-state index contributed by atoms with van der Waals surface area (Å²) in [6.07, 6.45) is 1.48. The quantitative estimate of drug-likeness (QED) is 0.560. The second-order valence-electron chi connectivity index (χ2n) is 8.34. The van der Waals surface area contributed by atoms with Crippen molar-refractivity contribution in [2.45, 2.75) is 45.1 Å². The second-order valence-corrected chi connectivity index (χ2v) is 8.34. The zero-order valence-electron chi connectivity index (χ0n) is 18.0. The molecule has 8 nitrogen and oxygen atoms in total. The summed E-state index contributed by atoms with van der Waals surface area (Å²) < 4.78 is 16.6. The number of hydrogen-bond donors (Lipinski definition) is 1. The minimum Gasteiger partial charge on any atom is -0.507 e. The first-order valence-corrected chi connectivity index (χ1v) is 10.4. The Morgan fingerprint density at radius 2 is 2.00 bits per heavy atom. The third-order valence-corrected chi connectivity index (χ3v) is 5.05. The van der Waals surface area contributed by atoms with Gasteiger partial charge in [0.2, 0.25) is 11.7 Å². The first kappa shape index (κ1) is 21.5. The van der Waals surface area contributed by atoms with Crippen LogP contribution in [-0.2, 0) is 11.2 Å². The minimum absolute atomic E-state index is 0.109. The van der Waals surface area contributed by atoms with Gasteiger partial charge in [-0.3, -0.25) is 9.59 Å². The van der Waals surface area contributed by atoms with E-state index in [9.17, 15) is 14.7 Å². The molecule has 0 fully saturated rings. The van der Waals surface area contributed by atoms with Gasteiger partial charge in [-0.25, -0.2) is 0 Å². The van der Waals surface area contributed by atoms with Gasteiger partial charge in [-0.05, 0) is 20.3 Å². The average molecular weight is 436 g/mol. The highest BCUT2D eigenvalue weighted by Crippen LogP contribution is 2.40. The Morgan fingerprint density at radius 1 is 1.22 bits per heavy atom. The number of rotatable bonds is 8. The number of aromatic hydroxyl groups is 1. The van der Waals surface area contributed by atoms with Crippen LogP contribution in [0, 0.1) is 0 Å². The zero-order chi connectivity index (χ0) is 22.7. The molecular formula is C24H24N2O6. The molecule has 3 aromatic rings. The van der Waals surface area contributed by atoms with Crippen LogP contribution in [0.25, 0.3) is 11.4 Å². The van der Waals surface area contributed by atoms with Crippen LogP contribution in [0.15, 0.2) is 47.0 Å². The summed E-state index contributed by atoms with van der Waals surface area (Å²) in [5.74, 6) is 1.02. The molecular weight excluding hydrogens is 412 g/mol. The summed E-state index contributed by atoms with van der Waals surface area (Å²) >= 11 is 0. The van der Waals surface area contributed by atoms with Crippen LogP contribution in [0.3, 0.4) is 0 Å². The highest BCUT2D eigenvalue weighted by Gasteiger charge is 2.35. The molecule has 0 bridgehead atoms. The van der Waals surface area contributed by atoms with Gasteiger partial charge in [0.15, 0.2) is 11.6 Å². The maximum absolute atomic E-state index is 12.3. The van der Waals surface area contributed by atoms with Crippen molar-refractivity contribution in [3.63, 3.8) is 0 Å². The van der Waals surface area contributed by atoms with Gasteiger partial charge in [0, 0.05) is 30.5 Å². The van der Waals surface area contributed by atoms with Crippen molar-refractivity contribution in [1.82, 2.24) is 10.1 Å². The van der Waals surface area contributed by atoms with E-state index in [-0.39, 0.29) is 53.8 Å². The van der Waals surface area contributed by atoms with Crippen molar-refractivity contribution < 1.29 is 28.7 Å². The molecule has 1 N–H and O–H groups in total. The van der Waals surface area contributed by atoms with Crippen molar-refractivity contribution in [3.8, 4) is 28.6 Å². The van der Waals surface area contributed by atoms with Gasteiger partial charge in [0.25, 0.3) is 0 Å². The lowest BCUT2D eigenvalue weighted by atomic mass is 9.92. The van der Waals surface area contributed by atoms with E-state index in [1.165, 1.54) is 12.1 Å². The number of aromatic nitrogens is 2. The summed E-state index contributed by atoms with van der Waals surface area (Å²) in [6.45, 7) is 3.44. The minimum atomic E-state index is -0.667. The number of aryl methyl sites for hydroxylation is 1. The van der Waals surface area contributed by atoms with E-state index in [0.29, 0.717) is 24.6 Å². The Hall–Kier alpha value is -3.68. The van der Waals surface area contributed by atoms with Crippen LogP contribution < -0.4 is 9.47 Å². The molecule has 0 radical (unpaired) electrons. The first-order chi connectivity index (χ1) is 15.3. The molecule has 1 aliphatic rings. The molecule has 0 aliphatic carbocycles. The van der Waals surface area contributed by atoms with Crippen molar-refractivity contribution in [1.29, 1.82) is 0 Å². The lowest BCUT2D eigenvalue weighted by Crippen LogP contribution is -2.35. The number of ketones is 2. The van der Waals surface area contributed by atoms with Crippen molar-refractivity contribution in [2.24, 2.45) is 0 Å². The standard InChI is InChI=1S/C24H24N2O6/c1-24(2)13-19(29)22-18(28)11-17(12-20(22)31-24)30-14-16(27)9-6-10-21-25-23(26-32-21)15-7-4-3-5-8-15/h3-5,7-8,11-12,28H,6,9-10,13-14H2,1-2H3. The average Bonchev–Trinajstić information content (AvgIpc) is 3.20. The Morgan fingerprint density at radius 3 is 2.78 bits per heavy atom. The second kappa shape index (κ2) is 8.82. The van der Waals surface area contributed by atoms with Crippen LogP contribution in [0.5, 0.6) is 17.2 Å². The van der Waals surface area contributed by atoms with Crippen LogP contribution in [0.4, 0.5) is 0 Å². The number of carbonyl (C=O) groups excluding carboxylic acids is 2. The number of Topliss-reactive ketones (excluding diaryl/α,β-unsaturated/α-hetero) is 2. The molecule has 0 saturated carbocycles. The molecule has 32 heavy (non-hydrogen) atoms. The van der Waals surface area contributed by atoms with Gasteiger partial charge in [0.1, 0.15) is 35.0 Å². The maximum atomic E-state index is 12.3. The number of nitrogens with zero attached hydrogens (tertiary/aromatic N) is 2. The predicted molar refractivity (Wildman–Crippen MR) is 115 cm³/mol. The van der Waals surface area contributed by atoms with E-state index < -0.39 is 5.60 Å². The number of phenolic OH excluding ortho intramolecular Hbond substituents is 1. The Bertz CT molecular complexity index is 1140. The molecule has 0 saturated heterocycles. The fourth-order valence-corrected chi connectivity index (χ4v) is 3.56. The Labute approximate surface area is 185 Å². The number of benzene rings is 2. The molecule has 1 aromatic heterocycles. The maximum Gasteiger partial charge on any atom is 0.226 e.